The molecule has 0 radical (unpaired) electrons. The molecule has 2 atom stereocenters. The van der Waals surface area contributed by atoms with Crippen LogP contribution in [-0.4, -0.2) is 43.5 Å². The molecular weight excluding hydrogens is 402 g/mol. The monoisotopic (exact) mass is 427 g/mol. The van der Waals surface area contributed by atoms with Crippen LogP contribution in [0.3, 0.4) is 0 Å². The Kier molecular flexibility index (Phi) is 5.13. The van der Waals surface area contributed by atoms with Crippen LogP contribution in [0.15, 0.2) is 11.6 Å². The molecule has 0 unspecified atom stereocenters. The van der Waals surface area contributed by atoms with Crippen molar-refractivity contribution in [2.45, 2.75) is 50.7 Å². The van der Waals surface area contributed by atoms with Crippen molar-refractivity contribution in [3.8, 4) is 10.7 Å². The largest absolute Gasteiger partial charge is 0.372 e. The lowest BCUT2D eigenvalue weighted by Gasteiger charge is -2.17. The first kappa shape index (κ1) is 19.4. The van der Waals surface area contributed by atoms with Gasteiger partial charge in [-0.1, -0.05) is 0 Å². The number of nitrogens with two attached hydrogens (primary N) is 1. The van der Waals surface area contributed by atoms with Crippen molar-refractivity contribution in [1.29, 1.82) is 0 Å². The molecule has 0 aromatic carbocycles. The van der Waals surface area contributed by atoms with Crippen molar-refractivity contribution in [3.05, 3.63) is 34.2 Å². The number of thiazole rings is 1. The number of carbonyl (C=O) groups excluding carboxylic acids is 1. The van der Waals surface area contributed by atoms with Gasteiger partial charge in [-0.2, -0.15) is 10.2 Å². The predicted molar refractivity (Wildman–Crippen MR) is 113 cm³/mol. The second-order valence-electron chi connectivity index (χ2n) is 7.93. The predicted octanol–water partition coefficient (Wildman–Crippen LogP) is 2.58. The van der Waals surface area contributed by atoms with Crippen molar-refractivity contribution >= 4 is 22.9 Å². The summed E-state index contributed by atoms with van der Waals surface area (Å²) in [6.07, 6.45) is 7.21. The first-order valence-corrected chi connectivity index (χ1v) is 11.2. The number of aryl methyl sites for hydroxylation is 2. The lowest BCUT2D eigenvalue weighted by Crippen LogP contribution is -2.19. The first-order chi connectivity index (χ1) is 14.6. The van der Waals surface area contributed by atoms with Gasteiger partial charge in [-0.3, -0.25) is 14.6 Å². The van der Waals surface area contributed by atoms with E-state index in [-0.39, 0.29) is 18.1 Å². The summed E-state index contributed by atoms with van der Waals surface area (Å²) >= 11 is 1.44. The third-order valence-corrected chi connectivity index (χ3v) is 6.74. The quantitative estimate of drug-likeness (QED) is 0.588. The molecule has 4 N–H and O–H groups in total. The average molecular weight is 428 g/mol. The molecule has 9 nitrogen and oxygen atoms in total. The molecule has 1 fully saturated rings. The van der Waals surface area contributed by atoms with Crippen molar-refractivity contribution in [1.82, 2.24) is 25.0 Å². The third kappa shape index (κ3) is 3.55. The molecule has 2 aliphatic rings. The number of carbonyl (C=O) groups is 1. The van der Waals surface area contributed by atoms with Crippen LogP contribution in [-0.2, 0) is 24.6 Å². The molecule has 4 heterocycles. The van der Waals surface area contributed by atoms with Gasteiger partial charge < -0.3 is 15.8 Å². The summed E-state index contributed by atoms with van der Waals surface area (Å²) in [4.78, 5) is 17.5. The van der Waals surface area contributed by atoms with E-state index in [4.69, 9.17) is 10.5 Å². The molecule has 5 rings (SSSR count). The van der Waals surface area contributed by atoms with Crippen LogP contribution < -0.4 is 11.1 Å². The molecular formula is C20H25N7O2S. The number of rotatable bonds is 4. The molecule has 0 spiro atoms. The van der Waals surface area contributed by atoms with Gasteiger partial charge in [0.2, 0.25) is 0 Å². The van der Waals surface area contributed by atoms with Crippen LogP contribution in [0.5, 0.6) is 0 Å². The van der Waals surface area contributed by atoms with E-state index in [0.717, 1.165) is 54.9 Å². The fourth-order valence-electron chi connectivity index (χ4n) is 4.26. The molecule has 0 saturated carbocycles. The summed E-state index contributed by atoms with van der Waals surface area (Å²) in [7, 11) is 1.86. The Balaban J connectivity index is 1.35. The molecule has 1 amide bonds. The minimum atomic E-state index is -0.260. The first-order valence-electron chi connectivity index (χ1n) is 10.3. The Morgan fingerprint density at radius 1 is 1.37 bits per heavy atom. The number of hydrogen-bond donors (Lipinski definition) is 3. The highest BCUT2D eigenvalue weighted by molar-refractivity contribution is 7.13. The highest BCUT2D eigenvalue weighted by Gasteiger charge is 2.26. The number of amides is 1. The maximum absolute atomic E-state index is 12.9. The van der Waals surface area contributed by atoms with Gasteiger partial charge in [0.15, 0.2) is 0 Å². The summed E-state index contributed by atoms with van der Waals surface area (Å²) in [6, 6.07) is 0.151. The second kappa shape index (κ2) is 7.93. The lowest BCUT2D eigenvalue weighted by atomic mass is 10.1. The van der Waals surface area contributed by atoms with Gasteiger partial charge in [-0.05, 0) is 38.5 Å². The molecule has 1 saturated heterocycles. The molecule has 1 aliphatic heterocycles. The number of H-pyrrole nitrogens is 1. The number of hydrogen-bond acceptors (Lipinski definition) is 7. The summed E-state index contributed by atoms with van der Waals surface area (Å²) in [5.41, 5.74) is 11.3. The Labute approximate surface area is 178 Å². The normalized spacial score (nSPS) is 21.4. The smallest absolute Gasteiger partial charge is 0.275 e. The van der Waals surface area contributed by atoms with E-state index in [1.807, 2.05) is 7.05 Å². The van der Waals surface area contributed by atoms with Gasteiger partial charge in [0.05, 0.1) is 17.6 Å². The zero-order valence-corrected chi connectivity index (χ0v) is 17.7. The summed E-state index contributed by atoms with van der Waals surface area (Å²) < 4.78 is 7.77. The fraction of sp³-hybridized carbons (Fsp3) is 0.500. The zero-order valence-electron chi connectivity index (χ0n) is 16.9. The molecule has 158 valence electrons. The van der Waals surface area contributed by atoms with E-state index >= 15 is 0 Å². The number of ether oxygens (including phenoxy) is 1. The van der Waals surface area contributed by atoms with Gasteiger partial charge in [0.25, 0.3) is 5.91 Å². The van der Waals surface area contributed by atoms with Crippen molar-refractivity contribution < 1.29 is 9.53 Å². The maximum atomic E-state index is 12.9. The van der Waals surface area contributed by atoms with Gasteiger partial charge >= 0.3 is 0 Å². The van der Waals surface area contributed by atoms with Crippen LogP contribution in [0.25, 0.3) is 10.7 Å². The summed E-state index contributed by atoms with van der Waals surface area (Å²) in [5.74, 6) is -0.260. The Morgan fingerprint density at radius 2 is 2.27 bits per heavy atom. The highest BCUT2D eigenvalue weighted by Crippen LogP contribution is 2.34. The number of fused-ring (bicyclic) bond motifs is 1. The molecule has 3 aromatic heterocycles. The van der Waals surface area contributed by atoms with Gasteiger partial charge in [-0.25, -0.2) is 4.98 Å². The number of aromatic amines is 1. The van der Waals surface area contributed by atoms with Crippen molar-refractivity contribution in [2.75, 3.05) is 11.9 Å². The molecule has 30 heavy (non-hydrogen) atoms. The molecule has 10 heteroatoms. The van der Waals surface area contributed by atoms with E-state index in [1.165, 1.54) is 22.6 Å². The summed E-state index contributed by atoms with van der Waals surface area (Å²) in [6.45, 7) is 0.605. The van der Waals surface area contributed by atoms with E-state index < -0.39 is 0 Å². The topological polar surface area (TPSA) is 124 Å². The van der Waals surface area contributed by atoms with E-state index in [9.17, 15) is 4.79 Å². The Bertz CT molecular complexity index is 1070. The van der Waals surface area contributed by atoms with E-state index in [1.54, 1.807) is 16.3 Å². The Hall–Kier alpha value is -2.56. The highest BCUT2D eigenvalue weighted by atomic mass is 32.1. The molecule has 3 aromatic rings. The second-order valence-corrected chi connectivity index (χ2v) is 8.79. The number of nitrogens with one attached hydrogen (secondary N) is 2. The lowest BCUT2D eigenvalue weighted by molar-refractivity contribution is 0.0529. The van der Waals surface area contributed by atoms with E-state index in [0.29, 0.717) is 18.0 Å². The number of nitrogens with zero attached hydrogens (tertiary/aromatic N) is 4. The van der Waals surface area contributed by atoms with Crippen LogP contribution in [0.1, 0.15) is 59.2 Å². The van der Waals surface area contributed by atoms with E-state index in [2.05, 4.69) is 25.6 Å². The van der Waals surface area contributed by atoms with Crippen molar-refractivity contribution in [2.24, 2.45) is 12.8 Å². The number of aromatic nitrogens is 5. The van der Waals surface area contributed by atoms with Gasteiger partial charge in [0.1, 0.15) is 22.5 Å². The van der Waals surface area contributed by atoms with Crippen molar-refractivity contribution in [3.63, 3.8) is 0 Å². The molecule has 0 bridgehead atoms. The summed E-state index contributed by atoms with van der Waals surface area (Å²) in [5, 5.41) is 17.4. The maximum Gasteiger partial charge on any atom is 0.275 e. The number of anilines is 1. The minimum absolute atomic E-state index is 0.140. The fourth-order valence-corrected chi connectivity index (χ4v) is 5.08. The van der Waals surface area contributed by atoms with Gasteiger partial charge in [-0.15, -0.1) is 11.3 Å². The Morgan fingerprint density at radius 3 is 3.17 bits per heavy atom. The van der Waals surface area contributed by atoms with Crippen LogP contribution in [0.2, 0.25) is 0 Å². The zero-order chi connectivity index (χ0) is 20.7. The third-order valence-electron chi connectivity index (χ3n) is 5.89. The average Bonchev–Trinajstić information content (AvgIpc) is 3.48. The SMILES string of the molecule is Cn1ncc(NC(=O)c2csc(-c3n[nH]c4c3CCC4)n2)c1[C@@H]1CC[C@@H](N)CCO1. The standard InChI is InChI=1S/C20H25N7O2S/c1-27-18(16-6-5-11(21)7-8-29-16)14(9-22-27)23-19(28)15-10-30-20(24-15)17-12-3-2-4-13(12)25-26-17/h9-11,16H,2-8,21H2,1H3,(H,23,28)(H,25,26)/t11-,16+/m1/s1. The van der Waals surface area contributed by atoms with Crippen LogP contribution in [0, 0.1) is 0 Å². The van der Waals surface area contributed by atoms with Gasteiger partial charge in [0, 0.05) is 36.3 Å². The van der Waals surface area contributed by atoms with Crippen LogP contribution >= 0.6 is 11.3 Å². The minimum Gasteiger partial charge on any atom is -0.372 e. The molecule has 1 aliphatic carbocycles. The van der Waals surface area contributed by atoms with Crippen LogP contribution in [0.4, 0.5) is 5.69 Å².